The van der Waals surface area contributed by atoms with Gasteiger partial charge < -0.3 is 77.1 Å². The van der Waals surface area contributed by atoms with Crippen LogP contribution in [0.5, 0.6) is 0 Å². The van der Waals surface area contributed by atoms with Gasteiger partial charge in [-0.25, -0.2) is 0 Å². The number of hydrogen-bond acceptors (Lipinski definition) is 18. The molecule has 2 aliphatic rings. The molecule has 10 rings (SSSR count). The smallest absolute Gasteiger partial charge is 0.267 e. The number of hydrogen-bond donors (Lipinski definition) is 11. The first-order valence-electron chi connectivity index (χ1n) is 37.6. The Labute approximate surface area is 651 Å². The standard InChI is InChI=1S/C15H22N2O.C12H18N2O2.2C12H18N2O.C12H16N2.C11H12N4OS.C10H17N3O/c1-3-14-9-4-5-10-17(14)15(18)12-7-6-8-13(11-12)16-2;1-3-14(7-8-15)12(16)10-5-4-6-11(9-10)13-2;1-12(2,3)14-11(15)9-6-5-7-10(8-9)13-4;1-4-14(5-2)12(15)10-7-6-8-11(9-10)13-3;1-10(14-7-4-8-14)11-5-3-6-12(9-11)13-2;1-7-14-15-11(17-7)13-10(16)8-4-3-5-9(6-8)12-2;1-4-12-10(14)9-6-8(11-3)7-13(9)5-2/h6-8,11,14,16H,3-5,9-10H2,1-2H3;4-6,9,13,15H,3,7-8H2,1-2H3;5-8,13H,1-4H3,(H,14,15);6-9,13H,4-5H2,1-3H3;3,5-6,9,13H,1,4,7-8H2,2H3;3-6,12H,1-2H3,(H,13,15,16);6-7,11H,4-5H2,1-3H3,(H,12,14). The first kappa shape index (κ1) is 90.5. The van der Waals surface area contributed by atoms with Gasteiger partial charge in [0.2, 0.25) is 5.13 Å². The molecule has 25 heteroatoms. The molecule has 1 atom stereocenters. The summed E-state index contributed by atoms with van der Waals surface area (Å²) in [7, 11) is 13.0. The number of likely N-dealkylation sites (N-methyl/N-ethyl adjacent to an activating group) is 1. The second-order valence-corrected chi connectivity index (χ2v) is 27.4. The molecule has 0 aliphatic carbocycles. The van der Waals surface area contributed by atoms with Crippen LogP contribution in [0, 0.1) is 6.92 Å². The number of carbonyl (C=O) groups is 6. The number of likely N-dealkylation sites (tertiary alicyclic amines) is 2. The third-order valence-corrected chi connectivity index (χ3v) is 18.3. The highest BCUT2D eigenvalue weighted by Crippen LogP contribution is 2.26. The van der Waals surface area contributed by atoms with Gasteiger partial charge in [-0.2, -0.15) is 0 Å². The summed E-state index contributed by atoms with van der Waals surface area (Å²) in [4.78, 5) is 79.6. The van der Waals surface area contributed by atoms with Crippen molar-refractivity contribution < 1.29 is 33.9 Å². The lowest BCUT2D eigenvalue weighted by molar-refractivity contribution is 0.0607. The van der Waals surface area contributed by atoms with E-state index in [0.29, 0.717) is 53.2 Å². The highest BCUT2D eigenvalue weighted by atomic mass is 32.1. The number of nitrogens with zero attached hydrogens (tertiary/aromatic N) is 7. The third-order valence-electron chi connectivity index (χ3n) is 17.5. The van der Waals surface area contributed by atoms with E-state index in [-0.39, 0.29) is 47.6 Å². The molecule has 24 nitrogen and oxygen atoms in total. The van der Waals surface area contributed by atoms with E-state index in [9.17, 15) is 28.8 Å². The minimum atomic E-state index is -0.202. The van der Waals surface area contributed by atoms with Gasteiger partial charge in [0.1, 0.15) is 10.7 Å². The fraction of sp³-hybridized carbons (Fsp3) is 0.405. The SMILES string of the molecule is C=C(c1cccc(NC)c1)N1CCC1.CCC1CCCCN1C(=O)c1cccc(NC)c1.CCN(CC)C(=O)c1cccc(NC)c1.CCN(CCO)C(=O)c1cccc(NC)c1.CCNC(=O)c1cc(NC)cn1CC.CNc1cccc(C(=O)NC(C)(C)C)c1.CNc1cccc(C(=O)Nc2nnc(C)s2)c1. The van der Waals surface area contributed by atoms with E-state index in [2.05, 4.69) is 111 Å². The Balaban J connectivity index is 0.000000269. The van der Waals surface area contributed by atoms with E-state index >= 15 is 0 Å². The van der Waals surface area contributed by atoms with Crippen molar-refractivity contribution in [3.8, 4) is 0 Å². The maximum Gasteiger partial charge on any atom is 0.267 e. The number of amides is 6. The molecule has 0 radical (unpaired) electrons. The lowest BCUT2D eigenvalue weighted by Crippen LogP contribution is -2.43. The van der Waals surface area contributed by atoms with Crippen LogP contribution in [0.4, 0.5) is 44.9 Å². The Morgan fingerprint density at radius 2 is 0.954 bits per heavy atom. The van der Waals surface area contributed by atoms with Crippen molar-refractivity contribution in [3.05, 3.63) is 209 Å². The van der Waals surface area contributed by atoms with Gasteiger partial charge in [-0.3, -0.25) is 34.1 Å². The fourth-order valence-corrected chi connectivity index (χ4v) is 11.8. The summed E-state index contributed by atoms with van der Waals surface area (Å²) < 4.78 is 1.93. The van der Waals surface area contributed by atoms with Gasteiger partial charge in [-0.15, -0.1) is 10.2 Å². The highest BCUT2D eigenvalue weighted by Gasteiger charge is 2.27. The number of nitrogens with one attached hydrogen (secondary N) is 10. The van der Waals surface area contributed by atoms with Crippen molar-refractivity contribution in [3.63, 3.8) is 0 Å². The van der Waals surface area contributed by atoms with Gasteiger partial charge in [0.05, 0.1) is 12.3 Å². The second kappa shape index (κ2) is 48.4. The molecule has 11 N–H and O–H groups in total. The molecule has 2 saturated heterocycles. The van der Waals surface area contributed by atoms with E-state index in [4.69, 9.17) is 5.11 Å². The Morgan fingerprint density at radius 3 is 1.36 bits per heavy atom. The number of aliphatic hydroxyl groups is 1. The number of benzene rings is 6. The molecule has 8 aromatic rings. The van der Waals surface area contributed by atoms with E-state index in [0.717, 1.165) is 120 Å². The largest absolute Gasteiger partial charge is 0.395 e. The summed E-state index contributed by atoms with van der Waals surface area (Å²) in [5, 5.41) is 47.5. The predicted octanol–water partition coefficient (Wildman–Crippen LogP) is 14.6. The number of aromatic nitrogens is 3. The first-order valence-corrected chi connectivity index (χ1v) is 38.4. The Kier molecular flexibility index (Phi) is 40.2. The van der Waals surface area contributed by atoms with E-state index < -0.39 is 0 Å². The summed E-state index contributed by atoms with van der Waals surface area (Å²) >= 11 is 1.35. The molecule has 0 saturated carbocycles. The monoisotopic (exact) mass is 1510 g/mol. The lowest BCUT2D eigenvalue weighted by atomic mass is 9.99. The molecule has 0 bridgehead atoms. The molecular weight excluding hydrogens is 1390 g/mol. The Hall–Kier alpha value is -10.9. The number of carbonyl (C=O) groups excluding carboxylic acids is 6. The molecule has 2 aromatic heterocycles. The number of anilines is 8. The summed E-state index contributed by atoms with van der Waals surface area (Å²) in [6.07, 6.45) is 7.81. The zero-order valence-corrected chi connectivity index (χ0v) is 68.2. The van der Waals surface area contributed by atoms with Crippen molar-refractivity contribution in [2.75, 3.05) is 151 Å². The molecule has 590 valence electrons. The molecule has 0 spiro atoms. The summed E-state index contributed by atoms with van der Waals surface area (Å²) in [6.45, 7) is 31.0. The van der Waals surface area contributed by atoms with Crippen LogP contribution in [0.25, 0.3) is 5.70 Å². The number of rotatable bonds is 24. The number of aryl methyl sites for hydroxylation is 2. The van der Waals surface area contributed by atoms with Gasteiger partial charge >= 0.3 is 0 Å². The molecule has 2 fully saturated rings. The molecule has 6 aromatic carbocycles. The molecule has 6 amide bonds. The number of piperidine rings is 1. The van der Waals surface area contributed by atoms with E-state index in [1.54, 1.807) is 23.1 Å². The van der Waals surface area contributed by atoms with Crippen LogP contribution >= 0.6 is 11.3 Å². The van der Waals surface area contributed by atoms with Crippen LogP contribution < -0.4 is 53.2 Å². The highest BCUT2D eigenvalue weighted by molar-refractivity contribution is 7.15. The average Bonchev–Trinajstić information content (AvgIpc) is 1.60. The topological polar surface area (TPSA) is 287 Å². The van der Waals surface area contributed by atoms with Crippen LogP contribution in [-0.2, 0) is 6.54 Å². The van der Waals surface area contributed by atoms with Crippen molar-refractivity contribution in [1.82, 2.24) is 45.0 Å². The van der Waals surface area contributed by atoms with Gasteiger partial charge in [0.25, 0.3) is 35.4 Å². The lowest BCUT2D eigenvalue weighted by Gasteiger charge is -2.35. The van der Waals surface area contributed by atoms with Crippen molar-refractivity contribution in [2.45, 2.75) is 119 Å². The molecule has 2 aliphatic heterocycles. The van der Waals surface area contributed by atoms with Crippen LogP contribution in [0.15, 0.2) is 164 Å². The zero-order valence-electron chi connectivity index (χ0n) is 67.3. The Bertz CT molecular complexity index is 4110. The van der Waals surface area contributed by atoms with E-state index in [1.165, 1.54) is 29.7 Å². The van der Waals surface area contributed by atoms with Crippen LogP contribution in [0.3, 0.4) is 0 Å². The van der Waals surface area contributed by atoms with Crippen molar-refractivity contribution >= 4 is 97.4 Å². The van der Waals surface area contributed by atoms with Crippen LogP contribution in [0.2, 0.25) is 0 Å². The summed E-state index contributed by atoms with van der Waals surface area (Å²) in [6, 6.07) is 48.0. The van der Waals surface area contributed by atoms with E-state index in [1.807, 2.05) is 237 Å². The second-order valence-electron chi connectivity index (χ2n) is 26.2. The van der Waals surface area contributed by atoms with Gasteiger partial charge in [0, 0.05) is 194 Å². The minimum Gasteiger partial charge on any atom is -0.395 e. The first-order chi connectivity index (χ1) is 52.3. The third kappa shape index (κ3) is 30.3. The summed E-state index contributed by atoms with van der Waals surface area (Å²) in [5.41, 5.74) is 13.1. The quantitative estimate of drug-likeness (QED) is 0.0268. The number of aliphatic hydroxyl groups excluding tert-OH is 1. The van der Waals surface area contributed by atoms with Gasteiger partial charge in [0.15, 0.2) is 0 Å². The average molecular weight is 1510 g/mol. The Morgan fingerprint density at radius 1 is 0.523 bits per heavy atom. The summed E-state index contributed by atoms with van der Waals surface area (Å²) in [5.74, 6) is -0.0156. The van der Waals surface area contributed by atoms with Crippen LogP contribution in [-0.4, -0.2) is 195 Å². The van der Waals surface area contributed by atoms with Gasteiger partial charge in [-0.1, -0.05) is 67.3 Å². The van der Waals surface area contributed by atoms with Gasteiger partial charge in [-0.05, 0) is 209 Å². The molecule has 4 heterocycles. The maximum absolute atomic E-state index is 12.5. The predicted molar refractivity (Wildman–Crippen MR) is 454 cm³/mol. The fourth-order valence-electron chi connectivity index (χ4n) is 11.2. The van der Waals surface area contributed by atoms with Crippen LogP contribution in [0.1, 0.15) is 167 Å². The van der Waals surface area contributed by atoms with Crippen molar-refractivity contribution in [2.24, 2.45) is 0 Å². The molecule has 109 heavy (non-hydrogen) atoms. The van der Waals surface area contributed by atoms with Crippen molar-refractivity contribution in [1.29, 1.82) is 0 Å². The normalized spacial score (nSPS) is 12.3. The maximum atomic E-state index is 12.5. The minimum absolute atomic E-state index is 0.00863. The molecule has 1 unspecified atom stereocenters. The zero-order chi connectivity index (χ0) is 80.4. The molecular formula is C84H121N17O7S.